The monoisotopic (exact) mass is 401 g/mol. The molecule has 0 aromatic heterocycles. The van der Waals surface area contributed by atoms with Crippen LogP contribution in [-0.4, -0.2) is 41.2 Å². The number of carbonyl (C=O) groups excluding carboxylic acids is 3. The van der Waals surface area contributed by atoms with Crippen molar-refractivity contribution < 1.29 is 28.4 Å². The molecule has 29 heavy (non-hydrogen) atoms. The van der Waals surface area contributed by atoms with E-state index in [0.717, 1.165) is 12.1 Å². The maximum atomic E-state index is 13.5. The Morgan fingerprint density at radius 1 is 1.24 bits per heavy atom. The number of rotatable bonds is 6. The number of nitrogens with zero attached hydrogens (tertiary/aromatic N) is 2. The van der Waals surface area contributed by atoms with Crippen LogP contribution in [0, 0.1) is 15.9 Å². The van der Waals surface area contributed by atoms with E-state index in [9.17, 15) is 28.9 Å². The summed E-state index contributed by atoms with van der Waals surface area (Å²) >= 11 is 0. The van der Waals surface area contributed by atoms with E-state index in [1.165, 1.54) is 44.4 Å². The van der Waals surface area contributed by atoms with Crippen molar-refractivity contribution in [3.63, 3.8) is 0 Å². The van der Waals surface area contributed by atoms with Crippen LogP contribution in [0.4, 0.5) is 14.9 Å². The third kappa shape index (κ3) is 3.51. The van der Waals surface area contributed by atoms with E-state index in [1.54, 1.807) is 0 Å². The number of methoxy groups -OCH3 is 1. The highest BCUT2D eigenvalue weighted by atomic mass is 19.1. The summed E-state index contributed by atoms with van der Waals surface area (Å²) in [6, 6.07) is 7.70. The van der Waals surface area contributed by atoms with Crippen LogP contribution in [0.3, 0.4) is 0 Å². The minimum atomic E-state index is -1.50. The molecule has 10 heteroatoms. The Balaban J connectivity index is 1.86. The molecule has 0 aliphatic carbocycles. The summed E-state index contributed by atoms with van der Waals surface area (Å²) in [6.07, 6.45) is 0. The summed E-state index contributed by atoms with van der Waals surface area (Å²) in [7, 11) is 1.31. The van der Waals surface area contributed by atoms with Crippen LogP contribution in [-0.2, 0) is 10.3 Å². The van der Waals surface area contributed by atoms with Crippen molar-refractivity contribution in [2.45, 2.75) is 12.5 Å². The Bertz CT molecular complexity index is 1020. The quantitative estimate of drug-likeness (QED) is 0.344. The molecule has 9 nitrogen and oxygen atoms in total. The third-order valence-corrected chi connectivity index (χ3v) is 4.69. The van der Waals surface area contributed by atoms with Crippen molar-refractivity contribution in [3.05, 3.63) is 69.5 Å². The highest BCUT2D eigenvalue weighted by Crippen LogP contribution is 2.30. The van der Waals surface area contributed by atoms with Gasteiger partial charge in [-0.15, -0.1) is 0 Å². The Kier molecular flexibility index (Phi) is 5.02. The van der Waals surface area contributed by atoms with Crippen LogP contribution in [0.5, 0.6) is 5.75 Å². The highest BCUT2D eigenvalue weighted by Gasteiger charge is 2.49. The van der Waals surface area contributed by atoms with Crippen LogP contribution >= 0.6 is 0 Å². The maximum absolute atomic E-state index is 13.5. The highest BCUT2D eigenvalue weighted by molar-refractivity contribution is 6.11. The van der Waals surface area contributed by atoms with E-state index in [0.29, 0.717) is 10.5 Å². The van der Waals surface area contributed by atoms with Gasteiger partial charge in [0.1, 0.15) is 17.1 Å². The molecule has 1 heterocycles. The van der Waals surface area contributed by atoms with Crippen LogP contribution in [0.1, 0.15) is 22.8 Å². The van der Waals surface area contributed by atoms with Gasteiger partial charge in [-0.25, -0.2) is 9.18 Å². The molecule has 3 rings (SSSR count). The summed E-state index contributed by atoms with van der Waals surface area (Å²) in [5.41, 5.74) is -1.45. The molecule has 0 saturated carbocycles. The third-order valence-electron chi connectivity index (χ3n) is 4.69. The topological polar surface area (TPSA) is 119 Å². The van der Waals surface area contributed by atoms with Crippen LogP contribution < -0.4 is 10.1 Å². The number of nitro groups is 1. The molecule has 1 aliphatic heterocycles. The molecule has 2 aromatic rings. The van der Waals surface area contributed by atoms with Gasteiger partial charge in [0.15, 0.2) is 5.78 Å². The minimum Gasteiger partial charge on any atom is -0.496 e. The zero-order valence-electron chi connectivity index (χ0n) is 15.5. The number of halogens is 1. The van der Waals surface area contributed by atoms with E-state index < -0.39 is 40.5 Å². The number of ketones is 1. The number of hydrogen-bond acceptors (Lipinski definition) is 6. The van der Waals surface area contributed by atoms with Gasteiger partial charge < -0.3 is 10.1 Å². The van der Waals surface area contributed by atoms with Crippen molar-refractivity contribution in [2.24, 2.45) is 0 Å². The molecule has 3 amide bonds. The molecule has 0 spiro atoms. The Morgan fingerprint density at radius 2 is 1.90 bits per heavy atom. The predicted octanol–water partition coefficient (Wildman–Crippen LogP) is 2.39. The fourth-order valence-electron chi connectivity index (χ4n) is 3.08. The number of Topliss-reactive ketones (excluding diaryl/α,β-unsaturated/α-hetero) is 1. The lowest BCUT2D eigenvalue weighted by Crippen LogP contribution is -2.41. The van der Waals surface area contributed by atoms with E-state index >= 15 is 0 Å². The number of benzene rings is 2. The number of carbonyl (C=O) groups is 3. The summed E-state index contributed by atoms with van der Waals surface area (Å²) in [4.78, 5) is 48.8. The van der Waals surface area contributed by atoms with Crippen LogP contribution in [0.15, 0.2) is 42.5 Å². The molecule has 150 valence electrons. The number of hydrogen-bond donors (Lipinski definition) is 1. The lowest BCUT2D eigenvalue weighted by Gasteiger charge is -2.22. The Morgan fingerprint density at radius 3 is 2.48 bits per heavy atom. The Labute approximate surface area is 164 Å². The average molecular weight is 401 g/mol. The maximum Gasteiger partial charge on any atom is 0.325 e. The number of urea groups is 1. The number of nitrogens with one attached hydrogen (secondary N) is 1. The molecule has 1 aliphatic rings. The van der Waals surface area contributed by atoms with Gasteiger partial charge in [-0.2, -0.15) is 0 Å². The van der Waals surface area contributed by atoms with E-state index in [-0.39, 0.29) is 17.0 Å². The lowest BCUT2D eigenvalue weighted by atomic mass is 9.92. The first-order valence-electron chi connectivity index (χ1n) is 8.43. The van der Waals surface area contributed by atoms with Gasteiger partial charge in [0.05, 0.1) is 24.1 Å². The number of imide groups is 1. The Hall–Kier alpha value is -3.82. The van der Waals surface area contributed by atoms with E-state index in [1.807, 2.05) is 0 Å². The van der Waals surface area contributed by atoms with Crippen molar-refractivity contribution in [1.82, 2.24) is 10.2 Å². The zero-order valence-corrected chi connectivity index (χ0v) is 15.5. The average Bonchev–Trinajstić information content (AvgIpc) is 2.92. The first-order valence-corrected chi connectivity index (χ1v) is 8.43. The van der Waals surface area contributed by atoms with Gasteiger partial charge in [-0.05, 0) is 42.8 Å². The summed E-state index contributed by atoms with van der Waals surface area (Å²) < 4.78 is 18.6. The van der Waals surface area contributed by atoms with Crippen molar-refractivity contribution in [2.75, 3.05) is 13.7 Å². The molecule has 1 N–H and O–H groups in total. The fraction of sp³-hybridized carbons (Fsp3) is 0.211. The summed E-state index contributed by atoms with van der Waals surface area (Å²) in [5.74, 6) is -1.94. The molecule has 1 atom stereocenters. The van der Waals surface area contributed by atoms with Crippen molar-refractivity contribution in [1.29, 1.82) is 0 Å². The molecular weight excluding hydrogens is 385 g/mol. The molecule has 1 saturated heterocycles. The van der Waals surface area contributed by atoms with Crippen molar-refractivity contribution >= 4 is 23.4 Å². The minimum absolute atomic E-state index is 0.1000. The van der Waals surface area contributed by atoms with Gasteiger partial charge >= 0.3 is 6.03 Å². The molecule has 0 unspecified atom stereocenters. The summed E-state index contributed by atoms with van der Waals surface area (Å²) in [6.45, 7) is 0.814. The second kappa shape index (κ2) is 7.30. The summed E-state index contributed by atoms with van der Waals surface area (Å²) in [5, 5.41) is 13.3. The molecule has 1 fully saturated rings. The van der Waals surface area contributed by atoms with Crippen LogP contribution in [0.2, 0.25) is 0 Å². The second-order valence-electron chi connectivity index (χ2n) is 6.52. The number of amides is 3. The van der Waals surface area contributed by atoms with Crippen LogP contribution in [0.25, 0.3) is 0 Å². The first-order chi connectivity index (χ1) is 13.7. The largest absolute Gasteiger partial charge is 0.496 e. The second-order valence-corrected chi connectivity index (χ2v) is 6.52. The fourth-order valence-corrected chi connectivity index (χ4v) is 3.08. The standard InChI is InChI=1S/C19H16FN3O6/c1-19(11-3-6-13(7-4-11)23(27)28)17(25)22(18(26)21-19)10-15(24)14-9-12(20)5-8-16(14)29-2/h3-9H,10H2,1-2H3,(H,21,26)/t19-/m1/s1. The lowest BCUT2D eigenvalue weighted by molar-refractivity contribution is -0.384. The SMILES string of the molecule is COc1ccc(F)cc1C(=O)CN1C(=O)N[C@](C)(c2ccc([N+](=O)[O-])cc2)C1=O. The van der Waals surface area contributed by atoms with Gasteiger partial charge in [-0.1, -0.05) is 0 Å². The van der Waals surface area contributed by atoms with Gasteiger partial charge in [0.2, 0.25) is 0 Å². The normalized spacial score (nSPS) is 18.5. The smallest absolute Gasteiger partial charge is 0.325 e. The van der Waals surface area contributed by atoms with Gasteiger partial charge in [-0.3, -0.25) is 24.6 Å². The zero-order chi connectivity index (χ0) is 21.3. The van der Waals surface area contributed by atoms with E-state index in [2.05, 4.69) is 5.32 Å². The van der Waals surface area contributed by atoms with Gasteiger partial charge in [0.25, 0.3) is 11.6 Å². The number of non-ortho nitro benzene ring substituents is 1. The molecule has 2 aromatic carbocycles. The molecular formula is C19H16FN3O6. The van der Waals surface area contributed by atoms with E-state index in [4.69, 9.17) is 4.74 Å². The van der Waals surface area contributed by atoms with Crippen molar-refractivity contribution in [3.8, 4) is 5.75 Å². The first kappa shape index (κ1) is 19.9. The molecule has 0 bridgehead atoms. The molecule has 0 radical (unpaired) electrons. The number of ether oxygens (including phenoxy) is 1. The number of nitro benzene ring substituents is 1. The predicted molar refractivity (Wildman–Crippen MR) is 98.0 cm³/mol. The van der Waals surface area contributed by atoms with Gasteiger partial charge in [0, 0.05) is 12.1 Å².